The molecular formula is C19H16BrFN2O4S. The maximum Gasteiger partial charge on any atom is 0.325 e. The summed E-state index contributed by atoms with van der Waals surface area (Å²) in [4.78, 5) is 37.0. The molecule has 0 bridgehead atoms. The third-order valence-corrected chi connectivity index (χ3v) is 5.70. The lowest BCUT2D eigenvalue weighted by Gasteiger charge is -2.11. The molecule has 0 N–H and O–H groups in total. The zero-order chi connectivity index (χ0) is 20.6. The van der Waals surface area contributed by atoms with Crippen LogP contribution < -0.4 is 0 Å². The van der Waals surface area contributed by atoms with Gasteiger partial charge in [-0.3, -0.25) is 19.3 Å². The molecule has 0 atom stereocenters. The van der Waals surface area contributed by atoms with Crippen molar-refractivity contribution in [2.45, 2.75) is 13.8 Å². The molecule has 1 saturated heterocycles. The maximum absolute atomic E-state index is 14.4. The van der Waals surface area contributed by atoms with E-state index < -0.39 is 23.7 Å². The van der Waals surface area contributed by atoms with Crippen LogP contribution in [0.1, 0.15) is 17.0 Å². The van der Waals surface area contributed by atoms with Crippen LogP contribution in [0.4, 0.5) is 9.18 Å². The third-order valence-electron chi connectivity index (χ3n) is 4.30. The quantitative estimate of drug-likeness (QED) is 0.498. The van der Waals surface area contributed by atoms with E-state index in [1.807, 2.05) is 13.0 Å². The molecule has 0 unspecified atom stereocenters. The largest absolute Gasteiger partial charge is 0.468 e. The molecule has 0 radical (unpaired) electrons. The Morgan fingerprint density at radius 3 is 2.64 bits per heavy atom. The highest BCUT2D eigenvalue weighted by molar-refractivity contribution is 9.10. The molecule has 2 aromatic rings. The molecule has 6 nitrogen and oxygen atoms in total. The lowest BCUT2D eigenvalue weighted by molar-refractivity contribution is -0.143. The summed E-state index contributed by atoms with van der Waals surface area (Å²) in [5.41, 5.74) is 2.57. The predicted octanol–water partition coefficient (Wildman–Crippen LogP) is 4.21. The number of nitrogens with zero attached hydrogens (tertiary/aromatic N) is 2. The van der Waals surface area contributed by atoms with Crippen LogP contribution in [0.3, 0.4) is 0 Å². The number of hydrogen-bond donors (Lipinski definition) is 0. The third kappa shape index (κ3) is 3.77. The van der Waals surface area contributed by atoms with Crippen molar-refractivity contribution in [1.29, 1.82) is 0 Å². The van der Waals surface area contributed by atoms with Crippen molar-refractivity contribution in [2.24, 2.45) is 0 Å². The molecule has 146 valence electrons. The Labute approximate surface area is 173 Å². The van der Waals surface area contributed by atoms with Crippen LogP contribution in [-0.2, 0) is 14.3 Å². The van der Waals surface area contributed by atoms with Crippen molar-refractivity contribution in [3.05, 3.63) is 56.4 Å². The fourth-order valence-electron chi connectivity index (χ4n) is 2.94. The van der Waals surface area contributed by atoms with Gasteiger partial charge in [0.05, 0.1) is 17.7 Å². The fraction of sp³-hybridized carbons (Fsp3) is 0.211. The van der Waals surface area contributed by atoms with E-state index >= 15 is 0 Å². The monoisotopic (exact) mass is 466 g/mol. The van der Waals surface area contributed by atoms with E-state index in [9.17, 15) is 18.8 Å². The number of hydrogen-bond acceptors (Lipinski definition) is 5. The average Bonchev–Trinajstić information content (AvgIpc) is 3.05. The van der Waals surface area contributed by atoms with Crippen molar-refractivity contribution >= 4 is 50.9 Å². The second-order valence-electron chi connectivity index (χ2n) is 6.10. The highest BCUT2D eigenvalue weighted by Gasteiger charge is 2.36. The van der Waals surface area contributed by atoms with Gasteiger partial charge in [-0.15, -0.1) is 0 Å². The van der Waals surface area contributed by atoms with Crippen LogP contribution in [0.5, 0.6) is 0 Å². The first-order chi connectivity index (χ1) is 13.2. The van der Waals surface area contributed by atoms with Gasteiger partial charge >= 0.3 is 5.97 Å². The second-order valence-corrected chi connectivity index (χ2v) is 8.01. The Bertz CT molecular complexity index is 1030. The number of carbonyl (C=O) groups is 3. The average molecular weight is 467 g/mol. The van der Waals surface area contributed by atoms with Gasteiger partial charge in [0.15, 0.2) is 0 Å². The highest BCUT2D eigenvalue weighted by Crippen LogP contribution is 2.34. The number of carbonyl (C=O) groups excluding carboxylic acids is 3. The number of benzene rings is 1. The van der Waals surface area contributed by atoms with Gasteiger partial charge in [-0.1, -0.05) is 15.9 Å². The molecule has 0 saturated carbocycles. The van der Waals surface area contributed by atoms with E-state index in [-0.39, 0.29) is 10.7 Å². The minimum Gasteiger partial charge on any atom is -0.468 e. The summed E-state index contributed by atoms with van der Waals surface area (Å²) in [6.45, 7) is 3.20. The number of imide groups is 1. The molecule has 3 rings (SSSR count). The van der Waals surface area contributed by atoms with E-state index in [1.54, 1.807) is 29.7 Å². The van der Waals surface area contributed by atoms with Crippen molar-refractivity contribution in [1.82, 2.24) is 9.47 Å². The molecule has 0 spiro atoms. The van der Waals surface area contributed by atoms with Gasteiger partial charge in [0.2, 0.25) is 0 Å². The Balaban J connectivity index is 1.97. The molecule has 2 heterocycles. The lowest BCUT2D eigenvalue weighted by atomic mass is 10.2. The molecule has 28 heavy (non-hydrogen) atoms. The van der Waals surface area contributed by atoms with Crippen LogP contribution in [0.15, 0.2) is 33.6 Å². The number of ether oxygens (including phenoxy) is 1. The summed E-state index contributed by atoms with van der Waals surface area (Å²) in [6.07, 6.45) is 1.58. The summed E-state index contributed by atoms with van der Waals surface area (Å²) in [7, 11) is 1.19. The summed E-state index contributed by atoms with van der Waals surface area (Å²) in [6, 6.07) is 6.60. The molecule has 2 amide bonds. The van der Waals surface area contributed by atoms with Gasteiger partial charge in [0.1, 0.15) is 12.4 Å². The minimum atomic E-state index is -0.674. The standard InChI is InChI=1S/C19H16BrFN2O4S/c1-10-6-12(11(2)23(10)15-5-4-13(20)8-14(15)21)7-16-18(25)22(19(26)28-16)9-17(24)27-3/h4-8H,9H2,1-3H3/b16-7+. The van der Waals surface area contributed by atoms with Crippen LogP contribution in [-0.4, -0.2) is 40.2 Å². The summed E-state index contributed by atoms with van der Waals surface area (Å²) >= 11 is 4.00. The highest BCUT2D eigenvalue weighted by atomic mass is 79.9. The van der Waals surface area contributed by atoms with Gasteiger partial charge in [-0.25, -0.2) is 4.39 Å². The van der Waals surface area contributed by atoms with Gasteiger partial charge in [-0.05, 0) is 61.5 Å². The number of rotatable bonds is 4. The van der Waals surface area contributed by atoms with E-state index in [4.69, 9.17) is 0 Å². The molecule has 1 fully saturated rings. The fourth-order valence-corrected chi connectivity index (χ4v) is 4.10. The van der Waals surface area contributed by atoms with Crippen LogP contribution in [0.25, 0.3) is 11.8 Å². The Kier molecular flexibility index (Phi) is 5.76. The maximum atomic E-state index is 14.4. The molecule has 9 heteroatoms. The first-order valence-corrected chi connectivity index (χ1v) is 9.80. The predicted molar refractivity (Wildman–Crippen MR) is 108 cm³/mol. The van der Waals surface area contributed by atoms with Crippen molar-refractivity contribution in [3.63, 3.8) is 0 Å². The number of aromatic nitrogens is 1. The molecule has 1 aromatic carbocycles. The SMILES string of the molecule is COC(=O)CN1C(=O)S/C(=C/c2cc(C)n(-c3ccc(Br)cc3F)c2C)C1=O. The van der Waals surface area contributed by atoms with E-state index in [1.165, 1.54) is 13.2 Å². The number of thioether (sulfide) groups is 1. The van der Waals surface area contributed by atoms with E-state index in [0.29, 0.717) is 15.7 Å². The molecule has 1 aliphatic heterocycles. The zero-order valence-corrected chi connectivity index (χ0v) is 17.7. The number of aryl methyl sites for hydroxylation is 1. The van der Waals surface area contributed by atoms with Crippen LogP contribution >= 0.6 is 27.7 Å². The zero-order valence-electron chi connectivity index (χ0n) is 15.3. The smallest absolute Gasteiger partial charge is 0.325 e. The second kappa shape index (κ2) is 7.92. The summed E-state index contributed by atoms with van der Waals surface area (Å²) in [5, 5.41) is -0.533. The minimum absolute atomic E-state index is 0.199. The molecular weight excluding hydrogens is 451 g/mol. The summed E-state index contributed by atoms with van der Waals surface area (Å²) < 4.78 is 21.3. The Morgan fingerprint density at radius 1 is 1.29 bits per heavy atom. The van der Waals surface area contributed by atoms with Crippen molar-refractivity contribution in [3.8, 4) is 5.69 Å². The Hall–Kier alpha value is -2.39. The number of methoxy groups -OCH3 is 1. The van der Waals surface area contributed by atoms with Crippen molar-refractivity contribution < 1.29 is 23.5 Å². The Morgan fingerprint density at radius 2 is 2.00 bits per heavy atom. The normalized spacial score (nSPS) is 15.6. The van der Waals surface area contributed by atoms with Crippen LogP contribution in [0.2, 0.25) is 0 Å². The summed E-state index contributed by atoms with van der Waals surface area (Å²) in [5.74, 6) is -1.62. The molecule has 0 aliphatic carbocycles. The van der Waals surface area contributed by atoms with Gasteiger partial charge in [0.25, 0.3) is 11.1 Å². The topological polar surface area (TPSA) is 68.6 Å². The van der Waals surface area contributed by atoms with E-state index in [0.717, 1.165) is 28.0 Å². The number of esters is 1. The van der Waals surface area contributed by atoms with Gasteiger partial charge < -0.3 is 9.30 Å². The van der Waals surface area contributed by atoms with Gasteiger partial charge in [-0.2, -0.15) is 0 Å². The van der Waals surface area contributed by atoms with Crippen LogP contribution in [0, 0.1) is 19.7 Å². The first kappa shape index (κ1) is 20.3. The lowest BCUT2D eigenvalue weighted by Crippen LogP contribution is -2.34. The number of amides is 2. The molecule has 1 aromatic heterocycles. The molecule has 1 aliphatic rings. The number of halogens is 2. The van der Waals surface area contributed by atoms with E-state index in [2.05, 4.69) is 20.7 Å². The van der Waals surface area contributed by atoms with Gasteiger partial charge in [0, 0.05) is 15.9 Å². The first-order valence-electron chi connectivity index (χ1n) is 8.19. The van der Waals surface area contributed by atoms with Crippen molar-refractivity contribution in [2.75, 3.05) is 13.7 Å².